The Bertz CT molecular complexity index is 133. The highest BCUT2D eigenvalue weighted by Crippen LogP contribution is 2.19. The summed E-state index contributed by atoms with van der Waals surface area (Å²) in [4.78, 5) is 0. The van der Waals surface area contributed by atoms with E-state index in [9.17, 15) is 0 Å². The lowest BCUT2D eigenvalue weighted by Crippen LogP contribution is -2.01. The lowest BCUT2D eigenvalue weighted by molar-refractivity contribution is 0.402. The zero-order valence-electron chi connectivity index (χ0n) is 10.6. The minimum absolute atomic E-state index is 0.851. The van der Waals surface area contributed by atoms with E-state index in [4.69, 9.17) is 0 Å². The summed E-state index contributed by atoms with van der Waals surface area (Å²) in [6, 6.07) is 0. The molecular weight excluding hydrogens is 168 g/mol. The third-order valence-electron chi connectivity index (χ3n) is 2.74. The summed E-state index contributed by atoms with van der Waals surface area (Å²) in [5.74, 6) is 1.76. The van der Waals surface area contributed by atoms with Crippen molar-refractivity contribution in [2.24, 2.45) is 11.8 Å². The largest absolute Gasteiger partial charge is 0.0885 e. The zero-order valence-corrected chi connectivity index (χ0v) is 10.6. The first-order valence-electron chi connectivity index (χ1n) is 6.35. The molecule has 0 aromatic heterocycles. The van der Waals surface area contributed by atoms with Crippen LogP contribution in [0.25, 0.3) is 0 Å². The molecule has 0 heterocycles. The Labute approximate surface area is 90.8 Å². The first-order valence-corrected chi connectivity index (χ1v) is 6.35. The van der Waals surface area contributed by atoms with Gasteiger partial charge in [0.2, 0.25) is 0 Å². The van der Waals surface area contributed by atoms with Crippen LogP contribution in [0.1, 0.15) is 66.2 Å². The molecule has 1 atom stereocenters. The third kappa shape index (κ3) is 8.34. The maximum absolute atomic E-state index is 2.40. The van der Waals surface area contributed by atoms with Gasteiger partial charge in [-0.3, -0.25) is 0 Å². The average Bonchev–Trinajstić information content (AvgIpc) is 2.15. The van der Waals surface area contributed by atoms with E-state index in [1.54, 1.807) is 0 Å². The van der Waals surface area contributed by atoms with Crippen molar-refractivity contribution in [3.63, 3.8) is 0 Å². The molecule has 0 bridgehead atoms. The Kier molecular flexibility index (Phi) is 9.13. The van der Waals surface area contributed by atoms with Crippen LogP contribution in [0.4, 0.5) is 0 Å². The van der Waals surface area contributed by atoms with Crippen LogP contribution in [-0.2, 0) is 0 Å². The second kappa shape index (κ2) is 9.30. The SMILES string of the molecule is CCCCC=CCC(CC)CC(C)C. The van der Waals surface area contributed by atoms with E-state index in [2.05, 4.69) is 39.8 Å². The molecule has 84 valence electrons. The average molecular weight is 196 g/mol. The van der Waals surface area contributed by atoms with Gasteiger partial charge >= 0.3 is 0 Å². The molecule has 0 amide bonds. The van der Waals surface area contributed by atoms with E-state index in [1.807, 2.05) is 0 Å². The molecule has 0 radical (unpaired) electrons. The summed E-state index contributed by atoms with van der Waals surface area (Å²) < 4.78 is 0. The van der Waals surface area contributed by atoms with E-state index in [1.165, 1.54) is 38.5 Å². The number of unbranched alkanes of at least 4 members (excludes halogenated alkanes) is 2. The van der Waals surface area contributed by atoms with Gasteiger partial charge in [0, 0.05) is 0 Å². The molecule has 0 nitrogen and oxygen atoms in total. The molecule has 0 saturated heterocycles. The minimum Gasteiger partial charge on any atom is -0.0885 e. The lowest BCUT2D eigenvalue weighted by atomic mass is 9.92. The predicted octanol–water partition coefficient (Wildman–Crippen LogP) is 5.20. The highest BCUT2D eigenvalue weighted by Gasteiger charge is 2.05. The van der Waals surface area contributed by atoms with Crippen LogP contribution in [0.3, 0.4) is 0 Å². The Balaban J connectivity index is 3.55. The Morgan fingerprint density at radius 3 is 2.29 bits per heavy atom. The molecule has 0 aromatic carbocycles. The van der Waals surface area contributed by atoms with Crippen LogP contribution < -0.4 is 0 Å². The molecule has 0 heteroatoms. The van der Waals surface area contributed by atoms with Gasteiger partial charge < -0.3 is 0 Å². The highest BCUT2D eigenvalue weighted by molar-refractivity contribution is 4.83. The van der Waals surface area contributed by atoms with Gasteiger partial charge in [0.05, 0.1) is 0 Å². The first-order chi connectivity index (χ1) is 6.70. The molecule has 0 fully saturated rings. The topological polar surface area (TPSA) is 0 Å². The minimum atomic E-state index is 0.851. The molecule has 0 aromatic rings. The monoisotopic (exact) mass is 196 g/mol. The summed E-state index contributed by atoms with van der Waals surface area (Å²) in [5, 5.41) is 0. The van der Waals surface area contributed by atoms with Crippen molar-refractivity contribution < 1.29 is 0 Å². The summed E-state index contributed by atoms with van der Waals surface area (Å²) >= 11 is 0. The summed E-state index contributed by atoms with van der Waals surface area (Å²) in [7, 11) is 0. The van der Waals surface area contributed by atoms with Gasteiger partial charge in [-0.25, -0.2) is 0 Å². The molecule has 0 aliphatic rings. The van der Waals surface area contributed by atoms with E-state index in [-0.39, 0.29) is 0 Å². The molecule has 14 heavy (non-hydrogen) atoms. The summed E-state index contributed by atoms with van der Waals surface area (Å²) in [6.07, 6.45) is 12.7. The highest BCUT2D eigenvalue weighted by atomic mass is 14.1. The van der Waals surface area contributed by atoms with Crippen molar-refractivity contribution in [2.75, 3.05) is 0 Å². The lowest BCUT2D eigenvalue weighted by Gasteiger charge is -2.14. The maximum Gasteiger partial charge on any atom is -0.0322 e. The fourth-order valence-electron chi connectivity index (χ4n) is 1.82. The van der Waals surface area contributed by atoms with Crippen LogP contribution in [0.2, 0.25) is 0 Å². The molecule has 1 unspecified atom stereocenters. The van der Waals surface area contributed by atoms with Crippen LogP contribution >= 0.6 is 0 Å². The van der Waals surface area contributed by atoms with E-state index in [0.29, 0.717) is 0 Å². The second-order valence-corrected chi connectivity index (χ2v) is 4.75. The number of hydrogen-bond acceptors (Lipinski definition) is 0. The molecule has 0 aliphatic carbocycles. The third-order valence-corrected chi connectivity index (χ3v) is 2.74. The summed E-state index contributed by atoms with van der Waals surface area (Å²) in [6.45, 7) is 9.21. The van der Waals surface area contributed by atoms with Crippen molar-refractivity contribution in [2.45, 2.75) is 66.2 Å². The van der Waals surface area contributed by atoms with Gasteiger partial charge in [0.1, 0.15) is 0 Å². The molecule has 0 spiro atoms. The zero-order chi connectivity index (χ0) is 10.8. The van der Waals surface area contributed by atoms with Gasteiger partial charge in [-0.05, 0) is 31.1 Å². The Morgan fingerprint density at radius 1 is 1.07 bits per heavy atom. The summed E-state index contributed by atoms with van der Waals surface area (Å²) in [5.41, 5.74) is 0. The second-order valence-electron chi connectivity index (χ2n) is 4.75. The molecular formula is C14H28. The smallest absolute Gasteiger partial charge is 0.0322 e. The van der Waals surface area contributed by atoms with E-state index >= 15 is 0 Å². The van der Waals surface area contributed by atoms with Crippen molar-refractivity contribution in [3.8, 4) is 0 Å². The van der Waals surface area contributed by atoms with Gasteiger partial charge in [-0.15, -0.1) is 0 Å². The Hall–Kier alpha value is -0.260. The first kappa shape index (κ1) is 13.7. The quantitative estimate of drug-likeness (QED) is 0.370. The standard InChI is InChI=1S/C14H28/c1-5-7-8-9-10-11-14(6-2)12-13(3)4/h9-10,13-14H,5-8,11-12H2,1-4H3. The maximum atomic E-state index is 2.40. The van der Waals surface area contributed by atoms with Crippen LogP contribution in [0.15, 0.2) is 12.2 Å². The molecule has 0 N–H and O–H groups in total. The van der Waals surface area contributed by atoms with E-state index in [0.717, 1.165) is 11.8 Å². The fraction of sp³-hybridized carbons (Fsp3) is 0.857. The van der Waals surface area contributed by atoms with Crippen molar-refractivity contribution >= 4 is 0 Å². The normalized spacial score (nSPS) is 14.1. The van der Waals surface area contributed by atoms with Crippen LogP contribution in [0.5, 0.6) is 0 Å². The van der Waals surface area contributed by atoms with Crippen molar-refractivity contribution in [3.05, 3.63) is 12.2 Å². The number of allylic oxidation sites excluding steroid dienone is 2. The van der Waals surface area contributed by atoms with Crippen molar-refractivity contribution in [1.82, 2.24) is 0 Å². The van der Waals surface area contributed by atoms with Crippen LogP contribution in [0, 0.1) is 11.8 Å². The van der Waals surface area contributed by atoms with Crippen LogP contribution in [-0.4, -0.2) is 0 Å². The molecule has 0 saturated carbocycles. The fourth-order valence-corrected chi connectivity index (χ4v) is 1.82. The van der Waals surface area contributed by atoms with Gasteiger partial charge in [0.15, 0.2) is 0 Å². The van der Waals surface area contributed by atoms with Gasteiger partial charge in [-0.2, -0.15) is 0 Å². The number of hydrogen-bond donors (Lipinski definition) is 0. The predicted molar refractivity (Wildman–Crippen MR) is 66.5 cm³/mol. The Morgan fingerprint density at radius 2 is 1.79 bits per heavy atom. The van der Waals surface area contributed by atoms with Gasteiger partial charge in [0.25, 0.3) is 0 Å². The molecule has 0 rings (SSSR count). The number of rotatable bonds is 8. The van der Waals surface area contributed by atoms with E-state index < -0.39 is 0 Å². The van der Waals surface area contributed by atoms with Gasteiger partial charge in [-0.1, -0.05) is 59.1 Å². The molecule has 0 aliphatic heterocycles. The van der Waals surface area contributed by atoms with Crippen molar-refractivity contribution in [1.29, 1.82) is 0 Å².